The van der Waals surface area contributed by atoms with Crippen molar-refractivity contribution in [2.24, 2.45) is 5.92 Å². The first-order valence-electron chi connectivity index (χ1n) is 5.79. The number of hydrogen-bond acceptors (Lipinski definition) is 4. The lowest BCUT2D eigenvalue weighted by Crippen LogP contribution is -2.21. The number of rotatable bonds is 3. The van der Waals surface area contributed by atoms with Gasteiger partial charge in [-0.2, -0.15) is 0 Å². The lowest BCUT2D eigenvalue weighted by molar-refractivity contribution is -0.142. The molecule has 0 atom stereocenters. The summed E-state index contributed by atoms with van der Waals surface area (Å²) in [6.45, 7) is 0. The summed E-state index contributed by atoms with van der Waals surface area (Å²) in [5, 5.41) is 8.93. The zero-order chi connectivity index (χ0) is 12.3. The van der Waals surface area contributed by atoms with Gasteiger partial charge in [0.2, 0.25) is 5.88 Å². The van der Waals surface area contributed by atoms with E-state index in [-0.39, 0.29) is 5.92 Å². The minimum atomic E-state index is -0.677. The number of methoxy groups -OCH3 is 1. The summed E-state index contributed by atoms with van der Waals surface area (Å²) in [7, 11) is 1.58. The van der Waals surface area contributed by atoms with Gasteiger partial charge >= 0.3 is 5.97 Å². The molecule has 1 aliphatic rings. The van der Waals surface area contributed by atoms with Gasteiger partial charge in [0.25, 0.3) is 0 Å². The third-order valence-electron chi connectivity index (χ3n) is 3.37. The molecule has 1 aliphatic carbocycles. The van der Waals surface area contributed by atoms with Gasteiger partial charge in [0.15, 0.2) is 0 Å². The van der Waals surface area contributed by atoms with Gasteiger partial charge in [0.1, 0.15) is 6.33 Å². The summed E-state index contributed by atoms with van der Waals surface area (Å²) in [5.74, 6) is 0.0385. The van der Waals surface area contributed by atoms with Crippen LogP contribution in [0.5, 0.6) is 5.88 Å². The van der Waals surface area contributed by atoms with Gasteiger partial charge in [-0.05, 0) is 25.7 Å². The molecule has 0 radical (unpaired) electrons. The van der Waals surface area contributed by atoms with Crippen LogP contribution in [0.4, 0.5) is 0 Å². The van der Waals surface area contributed by atoms with E-state index < -0.39 is 5.97 Å². The van der Waals surface area contributed by atoms with E-state index in [0.717, 1.165) is 31.4 Å². The Hall–Kier alpha value is -1.65. The molecule has 0 unspecified atom stereocenters. The standard InChI is InChI=1S/C12H16N2O3/c1-17-11-6-10(13-7-14-11)8-2-4-9(5-3-8)12(15)16/h6-9H,2-5H2,1H3,(H,15,16). The number of hydrogen-bond donors (Lipinski definition) is 1. The van der Waals surface area contributed by atoms with E-state index in [1.54, 1.807) is 7.11 Å². The van der Waals surface area contributed by atoms with Crippen molar-refractivity contribution in [1.82, 2.24) is 9.97 Å². The van der Waals surface area contributed by atoms with Gasteiger partial charge < -0.3 is 9.84 Å². The molecule has 0 saturated heterocycles. The molecule has 2 rings (SSSR count). The largest absolute Gasteiger partial charge is 0.481 e. The zero-order valence-electron chi connectivity index (χ0n) is 9.80. The van der Waals surface area contributed by atoms with Gasteiger partial charge in [0.05, 0.1) is 18.7 Å². The molecule has 17 heavy (non-hydrogen) atoms. The average molecular weight is 236 g/mol. The van der Waals surface area contributed by atoms with Gasteiger partial charge in [-0.25, -0.2) is 9.97 Å². The highest BCUT2D eigenvalue weighted by Gasteiger charge is 2.27. The molecule has 0 aromatic carbocycles. The Kier molecular flexibility index (Phi) is 3.56. The van der Waals surface area contributed by atoms with Crippen molar-refractivity contribution in [3.05, 3.63) is 18.1 Å². The van der Waals surface area contributed by atoms with E-state index in [0.29, 0.717) is 11.8 Å². The van der Waals surface area contributed by atoms with Gasteiger partial charge in [-0.1, -0.05) is 0 Å². The Bertz CT molecular complexity index is 400. The second-order valence-electron chi connectivity index (χ2n) is 4.37. The fraction of sp³-hybridized carbons (Fsp3) is 0.583. The van der Waals surface area contributed by atoms with E-state index in [1.807, 2.05) is 6.07 Å². The average Bonchev–Trinajstić information content (AvgIpc) is 2.39. The van der Waals surface area contributed by atoms with Crippen LogP contribution in [0, 0.1) is 5.92 Å². The fourth-order valence-electron chi connectivity index (χ4n) is 2.32. The van der Waals surface area contributed by atoms with Crippen molar-refractivity contribution in [2.75, 3.05) is 7.11 Å². The van der Waals surface area contributed by atoms with Crippen LogP contribution in [0.3, 0.4) is 0 Å². The lowest BCUT2D eigenvalue weighted by atomic mass is 9.80. The minimum absolute atomic E-state index is 0.185. The maximum Gasteiger partial charge on any atom is 0.306 e. The van der Waals surface area contributed by atoms with E-state index >= 15 is 0 Å². The second kappa shape index (κ2) is 5.12. The molecule has 1 saturated carbocycles. The molecule has 92 valence electrons. The van der Waals surface area contributed by atoms with Crippen LogP contribution in [0.2, 0.25) is 0 Å². The van der Waals surface area contributed by atoms with Crippen LogP contribution in [0.15, 0.2) is 12.4 Å². The van der Waals surface area contributed by atoms with Crippen LogP contribution < -0.4 is 4.74 Å². The minimum Gasteiger partial charge on any atom is -0.481 e. The summed E-state index contributed by atoms with van der Waals surface area (Å²) in [6.07, 6.45) is 4.70. The summed E-state index contributed by atoms with van der Waals surface area (Å²) in [5.41, 5.74) is 0.959. The van der Waals surface area contributed by atoms with E-state index in [1.165, 1.54) is 6.33 Å². The van der Waals surface area contributed by atoms with Crippen LogP contribution in [0.25, 0.3) is 0 Å². The van der Waals surface area contributed by atoms with Crippen molar-refractivity contribution in [1.29, 1.82) is 0 Å². The Morgan fingerprint density at radius 1 is 1.35 bits per heavy atom. The van der Waals surface area contributed by atoms with Crippen molar-refractivity contribution >= 4 is 5.97 Å². The maximum absolute atomic E-state index is 10.9. The van der Waals surface area contributed by atoms with Crippen molar-refractivity contribution < 1.29 is 14.6 Å². The molecule has 0 bridgehead atoms. The zero-order valence-corrected chi connectivity index (χ0v) is 9.80. The highest BCUT2D eigenvalue weighted by molar-refractivity contribution is 5.70. The van der Waals surface area contributed by atoms with Crippen molar-refractivity contribution in [3.63, 3.8) is 0 Å². The number of carboxylic acids is 1. The highest BCUT2D eigenvalue weighted by Crippen LogP contribution is 2.35. The Morgan fingerprint density at radius 2 is 2.06 bits per heavy atom. The first-order valence-corrected chi connectivity index (χ1v) is 5.79. The van der Waals surface area contributed by atoms with Crippen molar-refractivity contribution in [3.8, 4) is 5.88 Å². The SMILES string of the molecule is COc1cc(C2CCC(C(=O)O)CC2)ncn1. The Morgan fingerprint density at radius 3 is 2.65 bits per heavy atom. The first kappa shape index (κ1) is 11.8. The smallest absolute Gasteiger partial charge is 0.306 e. The molecule has 1 heterocycles. The van der Waals surface area contributed by atoms with E-state index in [2.05, 4.69) is 9.97 Å². The van der Waals surface area contributed by atoms with Crippen LogP contribution >= 0.6 is 0 Å². The number of carbonyl (C=O) groups is 1. The molecule has 0 spiro atoms. The molecule has 1 aromatic heterocycles. The van der Waals surface area contributed by atoms with E-state index in [9.17, 15) is 4.79 Å². The van der Waals surface area contributed by atoms with Crippen molar-refractivity contribution in [2.45, 2.75) is 31.6 Å². The predicted molar refractivity (Wildman–Crippen MR) is 60.9 cm³/mol. The third-order valence-corrected chi connectivity index (χ3v) is 3.37. The third kappa shape index (κ3) is 2.72. The number of ether oxygens (including phenoxy) is 1. The summed E-state index contributed by atoms with van der Waals surface area (Å²) >= 11 is 0. The topological polar surface area (TPSA) is 72.3 Å². The second-order valence-corrected chi connectivity index (χ2v) is 4.37. The van der Waals surface area contributed by atoms with Crippen LogP contribution in [-0.2, 0) is 4.79 Å². The number of nitrogens with zero attached hydrogens (tertiary/aromatic N) is 2. The summed E-state index contributed by atoms with van der Waals surface area (Å²) < 4.78 is 5.06. The number of carboxylic acid groups (broad SMARTS) is 1. The molecular formula is C12H16N2O3. The molecular weight excluding hydrogens is 220 g/mol. The molecule has 0 aliphatic heterocycles. The molecule has 5 heteroatoms. The normalized spacial score (nSPS) is 24.3. The lowest BCUT2D eigenvalue weighted by Gasteiger charge is -2.25. The predicted octanol–water partition coefficient (Wildman–Crippen LogP) is 1.84. The highest BCUT2D eigenvalue weighted by atomic mass is 16.5. The maximum atomic E-state index is 10.9. The van der Waals surface area contributed by atoms with Gasteiger partial charge in [0, 0.05) is 12.0 Å². The molecule has 1 N–H and O–H groups in total. The number of aromatic nitrogens is 2. The van der Waals surface area contributed by atoms with Gasteiger partial charge in [-0.3, -0.25) is 4.79 Å². The molecule has 1 fully saturated rings. The monoisotopic (exact) mass is 236 g/mol. The van der Waals surface area contributed by atoms with Crippen LogP contribution in [-0.4, -0.2) is 28.2 Å². The Labute approximate surface area is 99.9 Å². The van der Waals surface area contributed by atoms with E-state index in [4.69, 9.17) is 9.84 Å². The fourth-order valence-corrected chi connectivity index (χ4v) is 2.32. The molecule has 0 amide bonds. The summed E-state index contributed by atoms with van der Waals surface area (Å²) in [4.78, 5) is 19.1. The van der Waals surface area contributed by atoms with Gasteiger partial charge in [-0.15, -0.1) is 0 Å². The molecule has 5 nitrogen and oxygen atoms in total. The summed E-state index contributed by atoms with van der Waals surface area (Å²) in [6, 6.07) is 1.84. The van der Waals surface area contributed by atoms with Crippen LogP contribution in [0.1, 0.15) is 37.3 Å². The Balaban J connectivity index is 2.02. The number of aliphatic carboxylic acids is 1. The quantitative estimate of drug-likeness (QED) is 0.867. The first-order chi connectivity index (χ1) is 8.20. The molecule has 1 aromatic rings.